The summed E-state index contributed by atoms with van der Waals surface area (Å²) in [4.78, 5) is 13.0. The largest absolute Gasteiger partial charge is 0.494 e. The van der Waals surface area contributed by atoms with Crippen LogP contribution >= 0.6 is 0 Å². The lowest BCUT2D eigenvalue weighted by Gasteiger charge is -2.16. The molecule has 2 aromatic carbocycles. The van der Waals surface area contributed by atoms with E-state index in [2.05, 4.69) is 42.8 Å². The number of nitrogens with zero attached hydrogens (tertiary/aromatic N) is 6. The number of nitriles is 1. The van der Waals surface area contributed by atoms with Crippen LogP contribution in [0.5, 0.6) is 11.5 Å². The summed E-state index contributed by atoms with van der Waals surface area (Å²) in [5.41, 5.74) is 3.99. The second-order valence-corrected chi connectivity index (χ2v) is 8.94. The van der Waals surface area contributed by atoms with Crippen LogP contribution in [0.15, 0.2) is 61.4 Å². The summed E-state index contributed by atoms with van der Waals surface area (Å²) in [5.74, 6) is 1.73. The zero-order valence-corrected chi connectivity index (χ0v) is 20.8. The minimum atomic E-state index is -0.211. The summed E-state index contributed by atoms with van der Waals surface area (Å²) >= 11 is 0. The molecule has 1 aliphatic carbocycles. The van der Waals surface area contributed by atoms with Gasteiger partial charge in [0.05, 0.1) is 24.9 Å². The van der Waals surface area contributed by atoms with Crippen LogP contribution in [0, 0.1) is 11.3 Å². The Labute approximate surface area is 215 Å². The van der Waals surface area contributed by atoms with Gasteiger partial charge >= 0.3 is 0 Å². The van der Waals surface area contributed by atoms with Crippen molar-refractivity contribution in [1.29, 1.82) is 5.26 Å². The van der Waals surface area contributed by atoms with Crippen molar-refractivity contribution in [2.24, 2.45) is 0 Å². The van der Waals surface area contributed by atoms with Crippen LogP contribution in [-0.2, 0) is 13.1 Å². The number of anilines is 2. The highest BCUT2D eigenvalue weighted by Gasteiger charge is 2.21. The van der Waals surface area contributed by atoms with Gasteiger partial charge in [0.15, 0.2) is 0 Å². The molecule has 0 spiro atoms. The smallest absolute Gasteiger partial charge is 0.227 e. The van der Waals surface area contributed by atoms with Gasteiger partial charge in [-0.3, -0.25) is 0 Å². The number of aromatic nitrogens is 5. The lowest BCUT2D eigenvalue weighted by Crippen LogP contribution is -2.20. The van der Waals surface area contributed by atoms with E-state index in [0.29, 0.717) is 29.8 Å². The molecule has 37 heavy (non-hydrogen) atoms. The highest BCUT2D eigenvalue weighted by molar-refractivity contribution is 5.68. The molecule has 0 amide bonds. The molecule has 188 valence electrons. The first-order valence-electron chi connectivity index (χ1n) is 12.1. The summed E-state index contributed by atoms with van der Waals surface area (Å²) < 4.78 is 13.4. The van der Waals surface area contributed by atoms with Crippen molar-refractivity contribution in [1.82, 2.24) is 30.0 Å². The standard InChI is InChI=1S/C27H28N8O2/c1-18(15-35-17-29-16-33-35)37-25-10-19(6-7-20(25)11-28)22-13-31-27(32-14-22)34-24-5-3-4-21(26(24)36-2)12-30-23-8-9-23/h3-7,10,13-14,16-18,23,30H,8-9,12,15H2,1-2H3,(H,31,32,34). The van der Waals surface area contributed by atoms with E-state index in [1.807, 2.05) is 31.2 Å². The van der Waals surface area contributed by atoms with Gasteiger partial charge in [0.2, 0.25) is 5.95 Å². The highest BCUT2D eigenvalue weighted by Crippen LogP contribution is 2.32. The van der Waals surface area contributed by atoms with Crippen molar-refractivity contribution < 1.29 is 9.47 Å². The fraction of sp³-hybridized carbons (Fsp3) is 0.296. The van der Waals surface area contributed by atoms with E-state index in [9.17, 15) is 5.26 Å². The second kappa shape index (κ2) is 11.1. The average molecular weight is 497 g/mol. The van der Waals surface area contributed by atoms with Crippen LogP contribution in [0.2, 0.25) is 0 Å². The van der Waals surface area contributed by atoms with Gasteiger partial charge in [-0.1, -0.05) is 18.2 Å². The molecule has 2 N–H and O–H groups in total. The molecule has 1 aliphatic rings. The minimum absolute atomic E-state index is 0.211. The fourth-order valence-corrected chi connectivity index (χ4v) is 4.00. The monoisotopic (exact) mass is 496 g/mol. The molecule has 1 fully saturated rings. The van der Waals surface area contributed by atoms with E-state index < -0.39 is 0 Å². The molecule has 5 rings (SSSR count). The van der Waals surface area contributed by atoms with Gasteiger partial charge in [0.25, 0.3) is 0 Å². The first kappa shape index (κ1) is 24.2. The quantitative estimate of drug-likeness (QED) is 0.316. The maximum atomic E-state index is 9.55. The molecule has 10 heteroatoms. The number of nitrogens with one attached hydrogen (secondary N) is 2. The predicted molar refractivity (Wildman–Crippen MR) is 138 cm³/mol. The fourth-order valence-electron chi connectivity index (χ4n) is 4.00. The highest BCUT2D eigenvalue weighted by atomic mass is 16.5. The SMILES string of the molecule is COc1c(CNC2CC2)cccc1Nc1ncc(-c2ccc(C#N)c(OC(C)Cn3cncn3)c2)cn1. The Hall–Kier alpha value is -4.49. The molecule has 1 saturated carbocycles. The van der Waals surface area contributed by atoms with E-state index >= 15 is 0 Å². The Bertz CT molecular complexity index is 1380. The number of methoxy groups -OCH3 is 1. The third-order valence-electron chi connectivity index (χ3n) is 6.03. The van der Waals surface area contributed by atoms with Gasteiger partial charge in [-0.15, -0.1) is 0 Å². The van der Waals surface area contributed by atoms with E-state index in [1.165, 1.54) is 19.2 Å². The van der Waals surface area contributed by atoms with Crippen molar-refractivity contribution in [3.63, 3.8) is 0 Å². The van der Waals surface area contributed by atoms with Crippen molar-refractivity contribution in [2.45, 2.75) is 45.0 Å². The Morgan fingerprint density at radius 1 is 1.16 bits per heavy atom. The maximum Gasteiger partial charge on any atom is 0.227 e. The third-order valence-corrected chi connectivity index (χ3v) is 6.03. The summed E-state index contributed by atoms with van der Waals surface area (Å²) in [6.45, 7) is 3.19. The van der Waals surface area contributed by atoms with Crippen LogP contribution in [0.1, 0.15) is 30.9 Å². The third kappa shape index (κ3) is 6.02. The molecule has 1 unspecified atom stereocenters. The number of benzene rings is 2. The molecule has 1 atom stereocenters. The number of para-hydroxylation sites is 1. The van der Waals surface area contributed by atoms with E-state index in [-0.39, 0.29) is 6.10 Å². The van der Waals surface area contributed by atoms with Gasteiger partial charge in [-0.25, -0.2) is 19.6 Å². The summed E-state index contributed by atoms with van der Waals surface area (Å²) in [6, 6.07) is 14.2. The van der Waals surface area contributed by atoms with E-state index in [0.717, 1.165) is 34.7 Å². The molecule has 2 heterocycles. The maximum absolute atomic E-state index is 9.55. The molecule has 0 aliphatic heterocycles. The lowest BCUT2D eigenvalue weighted by atomic mass is 10.1. The predicted octanol–water partition coefficient (Wildman–Crippen LogP) is 4.08. The molecule has 0 saturated heterocycles. The summed E-state index contributed by atoms with van der Waals surface area (Å²) in [5, 5.41) is 20.4. The number of rotatable bonds is 11. The van der Waals surface area contributed by atoms with Crippen molar-refractivity contribution >= 4 is 11.6 Å². The van der Waals surface area contributed by atoms with Crippen molar-refractivity contribution in [2.75, 3.05) is 12.4 Å². The van der Waals surface area contributed by atoms with Crippen LogP contribution < -0.4 is 20.1 Å². The topological polar surface area (TPSA) is 123 Å². The molecular formula is C27H28N8O2. The molecule has 0 bridgehead atoms. The van der Waals surface area contributed by atoms with Crippen molar-refractivity contribution in [3.8, 4) is 28.7 Å². The molecule has 0 radical (unpaired) electrons. The molecule has 10 nitrogen and oxygen atoms in total. The lowest BCUT2D eigenvalue weighted by molar-refractivity contribution is 0.193. The number of hydrogen-bond acceptors (Lipinski definition) is 9. The minimum Gasteiger partial charge on any atom is -0.494 e. The molecular weight excluding hydrogens is 468 g/mol. The Kier molecular flexibility index (Phi) is 7.23. The van der Waals surface area contributed by atoms with Crippen molar-refractivity contribution in [3.05, 3.63) is 72.6 Å². The van der Waals surface area contributed by atoms with Gasteiger partial charge in [0.1, 0.15) is 36.3 Å². The zero-order valence-electron chi connectivity index (χ0n) is 20.8. The normalized spacial score (nSPS) is 13.5. The average Bonchev–Trinajstić information content (AvgIpc) is 3.61. The zero-order chi connectivity index (χ0) is 25.6. The van der Waals surface area contributed by atoms with Gasteiger partial charge < -0.3 is 20.1 Å². The Balaban J connectivity index is 1.30. The van der Waals surface area contributed by atoms with Crippen LogP contribution in [-0.4, -0.2) is 44.0 Å². The van der Waals surface area contributed by atoms with E-state index in [1.54, 1.807) is 36.6 Å². The number of hydrogen-bond donors (Lipinski definition) is 2. The van der Waals surface area contributed by atoms with Crippen LogP contribution in [0.4, 0.5) is 11.6 Å². The molecule has 4 aromatic rings. The van der Waals surface area contributed by atoms with Crippen LogP contribution in [0.25, 0.3) is 11.1 Å². The van der Waals surface area contributed by atoms with Gasteiger partial charge in [0, 0.05) is 36.1 Å². The number of ether oxygens (including phenoxy) is 2. The van der Waals surface area contributed by atoms with E-state index in [4.69, 9.17) is 9.47 Å². The van der Waals surface area contributed by atoms with Gasteiger partial charge in [-0.05, 0) is 43.5 Å². The second-order valence-electron chi connectivity index (χ2n) is 8.94. The first-order chi connectivity index (χ1) is 18.1. The molecule has 2 aromatic heterocycles. The van der Waals surface area contributed by atoms with Gasteiger partial charge in [-0.2, -0.15) is 10.4 Å². The Morgan fingerprint density at radius 3 is 2.70 bits per heavy atom. The summed E-state index contributed by atoms with van der Waals surface area (Å²) in [7, 11) is 1.67. The van der Waals surface area contributed by atoms with Crippen LogP contribution in [0.3, 0.4) is 0 Å². The summed E-state index contributed by atoms with van der Waals surface area (Å²) in [6.07, 6.45) is 8.84. The Morgan fingerprint density at radius 2 is 2.00 bits per heavy atom. The first-order valence-corrected chi connectivity index (χ1v) is 12.1.